The molecule has 1 saturated carbocycles. The van der Waals surface area contributed by atoms with Gasteiger partial charge in [-0.2, -0.15) is 0 Å². The Kier molecular flexibility index (Phi) is 8.34. The molecule has 1 aliphatic carbocycles. The molecule has 0 atom stereocenters. The third-order valence-electron chi connectivity index (χ3n) is 7.12. The molecule has 1 aromatic heterocycles. The van der Waals surface area contributed by atoms with Crippen molar-refractivity contribution in [2.45, 2.75) is 44.7 Å². The van der Waals surface area contributed by atoms with Crippen molar-refractivity contribution in [2.24, 2.45) is 10.9 Å². The first-order valence-corrected chi connectivity index (χ1v) is 12.3. The molecule has 8 nitrogen and oxygen atoms in total. The number of pyridine rings is 1. The van der Waals surface area contributed by atoms with Gasteiger partial charge < -0.3 is 15.5 Å². The number of piperidine rings is 1. The van der Waals surface area contributed by atoms with Gasteiger partial charge in [-0.15, -0.1) is 0 Å². The predicted octanol–water partition coefficient (Wildman–Crippen LogP) is 1.16. The van der Waals surface area contributed by atoms with Gasteiger partial charge in [0.05, 0.1) is 5.69 Å². The fourth-order valence-electron chi connectivity index (χ4n) is 4.78. The zero-order chi connectivity index (χ0) is 22.2. The maximum absolute atomic E-state index is 12.4. The molecule has 2 aliphatic heterocycles. The van der Waals surface area contributed by atoms with E-state index < -0.39 is 0 Å². The van der Waals surface area contributed by atoms with E-state index in [1.54, 1.807) is 0 Å². The van der Waals surface area contributed by atoms with Crippen LogP contribution in [0.2, 0.25) is 0 Å². The lowest BCUT2D eigenvalue weighted by Crippen LogP contribution is -2.53. The molecule has 0 radical (unpaired) electrons. The van der Waals surface area contributed by atoms with Crippen LogP contribution >= 0.6 is 0 Å². The topological polar surface area (TPSA) is 76.1 Å². The van der Waals surface area contributed by atoms with Crippen LogP contribution in [0.3, 0.4) is 0 Å². The normalized spacial score (nSPS) is 21.9. The van der Waals surface area contributed by atoms with Crippen molar-refractivity contribution >= 4 is 11.9 Å². The first-order chi connectivity index (χ1) is 15.7. The lowest BCUT2D eigenvalue weighted by atomic mass is 9.84. The Bertz CT molecular complexity index is 736. The van der Waals surface area contributed by atoms with Gasteiger partial charge in [0.1, 0.15) is 0 Å². The number of aromatic nitrogens is 1. The first-order valence-electron chi connectivity index (χ1n) is 12.3. The van der Waals surface area contributed by atoms with E-state index in [1.807, 2.05) is 19.3 Å². The number of amides is 1. The summed E-state index contributed by atoms with van der Waals surface area (Å²) in [6.45, 7) is 8.63. The summed E-state index contributed by atoms with van der Waals surface area (Å²) < 4.78 is 0. The van der Waals surface area contributed by atoms with Crippen molar-refractivity contribution in [1.82, 2.24) is 30.3 Å². The fraction of sp³-hybridized carbons (Fsp3) is 0.708. The van der Waals surface area contributed by atoms with Crippen LogP contribution < -0.4 is 10.6 Å². The third kappa shape index (κ3) is 6.42. The number of hydrogen-bond donors (Lipinski definition) is 2. The molecule has 176 valence electrons. The number of piperazine rings is 1. The molecule has 8 heteroatoms. The number of nitrogens with zero attached hydrogens (tertiary/aromatic N) is 5. The van der Waals surface area contributed by atoms with Gasteiger partial charge in [-0.05, 0) is 37.8 Å². The highest BCUT2D eigenvalue weighted by Crippen LogP contribution is 2.28. The minimum Gasteiger partial charge on any atom is -0.355 e. The van der Waals surface area contributed by atoms with E-state index >= 15 is 0 Å². The third-order valence-corrected chi connectivity index (χ3v) is 7.12. The van der Waals surface area contributed by atoms with Gasteiger partial charge in [-0.3, -0.25) is 24.6 Å². The fourth-order valence-corrected chi connectivity index (χ4v) is 4.78. The number of nitrogens with one attached hydrogen (secondary N) is 2. The van der Waals surface area contributed by atoms with Gasteiger partial charge in [0, 0.05) is 84.1 Å². The molecular formula is C24H39N7O. The average Bonchev–Trinajstić information content (AvgIpc) is 2.79. The Hall–Kier alpha value is -2.19. The number of rotatable bonds is 7. The second kappa shape index (κ2) is 11.6. The van der Waals surface area contributed by atoms with Crippen molar-refractivity contribution < 1.29 is 4.79 Å². The van der Waals surface area contributed by atoms with Crippen LogP contribution in [0.1, 0.15) is 37.8 Å². The Morgan fingerprint density at radius 2 is 1.84 bits per heavy atom. The standard InChI is InChI=1S/C24H39N7O/c1-25-24(28-21-8-12-30(13-9-21)19-22-7-2-3-10-26-22)27-11-14-29-15-17-31(18-16-29)23(32)20-5-4-6-20/h2-3,7,10,20-21H,4-6,8-9,11-19H2,1H3,(H2,25,27,28). The number of hydrogen-bond acceptors (Lipinski definition) is 5. The molecule has 3 aliphatic rings. The van der Waals surface area contributed by atoms with Gasteiger partial charge in [0.15, 0.2) is 5.96 Å². The van der Waals surface area contributed by atoms with Crippen LogP contribution in [0, 0.1) is 5.92 Å². The largest absolute Gasteiger partial charge is 0.355 e. The molecule has 1 amide bonds. The maximum Gasteiger partial charge on any atom is 0.225 e. The van der Waals surface area contributed by atoms with Gasteiger partial charge in [0.25, 0.3) is 0 Å². The molecule has 0 spiro atoms. The van der Waals surface area contributed by atoms with Crippen LogP contribution in [0.4, 0.5) is 0 Å². The van der Waals surface area contributed by atoms with Crippen molar-refractivity contribution in [3.05, 3.63) is 30.1 Å². The Morgan fingerprint density at radius 1 is 1.06 bits per heavy atom. The highest BCUT2D eigenvalue weighted by atomic mass is 16.2. The molecule has 0 bridgehead atoms. The summed E-state index contributed by atoms with van der Waals surface area (Å²) in [7, 11) is 1.84. The molecule has 0 aromatic carbocycles. The second-order valence-corrected chi connectivity index (χ2v) is 9.31. The van der Waals surface area contributed by atoms with E-state index in [2.05, 4.69) is 47.4 Å². The summed E-state index contributed by atoms with van der Waals surface area (Å²) in [4.78, 5) is 28.3. The van der Waals surface area contributed by atoms with Crippen LogP contribution in [-0.2, 0) is 11.3 Å². The van der Waals surface area contributed by atoms with E-state index in [0.29, 0.717) is 17.9 Å². The number of carbonyl (C=O) groups is 1. The second-order valence-electron chi connectivity index (χ2n) is 9.31. The van der Waals surface area contributed by atoms with Gasteiger partial charge in [-0.25, -0.2) is 0 Å². The van der Waals surface area contributed by atoms with Gasteiger partial charge >= 0.3 is 0 Å². The molecule has 3 heterocycles. The van der Waals surface area contributed by atoms with Gasteiger partial charge in [0.2, 0.25) is 5.91 Å². The van der Waals surface area contributed by atoms with Crippen molar-refractivity contribution in [3.63, 3.8) is 0 Å². The molecular weight excluding hydrogens is 402 g/mol. The summed E-state index contributed by atoms with van der Waals surface area (Å²) in [5, 5.41) is 7.08. The Labute approximate surface area is 192 Å². The molecule has 32 heavy (non-hydrogen) atoms. The average molecular weight is 442 g/mol. The van der Waals surface area contributed by atoms with E-state index in [0.717, 1.165) is 96.2 Å². The SMILES string of the molecule is CN=C(NCCN1CCN(C(=O)C2CCC2)CC1)NC1CCN(Cc2ccccn2)CC1. The Morgan fingerprint density at radius 3 is 2.47 bits per heavy atom. The van der Waals surface area contributed by atoms with E-state index in [1.165, 1.54) is 6.42 Å². The van der Waals surface area contributed by atoms with Crippen LogP contribution in [-0.4, -0.2) is 97.0 Å². The van der Waals surface area contributed by atoms with E-state index in [4.69, 9.17) is 0 Å². The van der Waals surface area contributed by atoms with Crippen LogP contribution in [0.15, 0.2) is 29.4 Å². The van der Waals surface area contributed by atoms with E-state index in [-0.39, 0.29) is 0 Å². The van der Waals surface area contributed by atoms with Gasteiger partial charge in [-0.1, -0.05) is 12.5 Å². The zero-order valence-electron chi connectivity index (χ0n) is 19.5. The molecule has 2 N–H and O–H groups in total. The Balaban J connectivity index is 1.09. The summed E-state index contributed by atoms with van der Waals surface area (Å²) >= 11 is 0. The van der Waals surface area contributed by atoms with Crippen LogP contribution in [0.25, 0.3) is 0 Å². The minimum absolute atomic E-state index is 0.319. The van der Waals surface area contributed by atoms with Crippen molar-refractivity contribution in [2.75, 3.05) is 59.4 Å². The zero-order valence-corrected chi connectivity index (χ0v) is 19.5. The molecule has 0 unspecified atom stereocenters. The summed E-state index contributed by atoms with van der Waals surface area (Å²) in [5.74, 6) is 1.61. The van der Waals surface area contributed by atoms with Crippen molar-refractivity contribution in [3.8, 4) is 0 Å². The lowest BCUT2D eigenvalue weighted by molar-refractivity contribution is -0.139. The minimum atomic E-state index is 0.319. The first kappa shape index (κ1) is 23.0. The van der Waals surface area contributed by atoms with Crippen molar-refractivity contribution in [1.29, 1.82) is 0 Å². The summed E-state index contributed by atoms with van der Waals surface area (Å²) in [5.41, 5.74) is 1.14. The maximum atomic E-state index is 12.4. The predicted molar refractivity (Wildman–Crippen MR) is 127 cm³/mol. The number of carbonyl (C=O) groups excluding carboxylic acids is 1. The summed E-state index contributed by atoms with van der Waals surface area (Å²) in [6.07, 6.45) is 7.52. The molecule has 3 fully saturated rings. The van der Waals surface area contributed by atoms with Crippen LogP contribution in [0.5, 0.6) is 0 Å². The monoisotopic (exact) mass is 441 g/mol. The smallest absolute Gasteiger partial charge is 0.225 e. The molecule has 2 saturated heterocycles. The lowest BCUT2D eigenvalue weighted by Gasteiger charge is -2.38. The quantitative estimate of drug-likeness (QED) is 0.489. The number of guanidine groups is 1. The number of aliphatic imine (C=N–C) groups is 1. The number of likely N-dealkylation sites (tertiary alicyclic amines) is 1. The van der Waals surface area contributed by atoms with E-state index in [9.17, 15) is 4.79 Å². The highest BCUT2D eigenvalue weighted by molar-refractivity contribution is 5.80. The highest BCUT2D eigenvalue weighted by Gasteiger charge is 2.31. The summed E-state index contributed by atoms with van der Waals surface area (Å²) in [6, 6.07) is 6.58. The molecule has 1 aromatic rings. The molecule has 4 rings (SSSR count).